The topological polar surface area (TPSA) is 9.23 Å². The zero-order valence-corrected chi connectivity index (χ0v) is 19.8. The Morgan fingerprint density at radius 3 is 1.79 bits per heavy atom. The van der Waals surface area contributed by atoms with Gasteiger partial charge in [-0.1, -0.05) is 91.0 Å². The van der Waals surface area contributed by atoms with Crippen molar-refractivity contribution in [2.75, 3.05) is 6.61 Å². The second kappa shape index (κ2) is 9.71. The molecule has 0 N–H and O–H groups in total. The molecule has 0 fully saturated rings. The van der Waals surface area contributed by atoms with Gasteiger partial charge in [-0.3, -0.25) is 0 Å². The van der Waals surface area contributed by atoms with Crippen molar-refractivity contribution in [1.82, 2.24) is 0 Å². The highest BCUT2D eigenvalue weighted by atomic mass is 31.2. The maximum Gasteiger partial charge on any atom is 0.145 e. The van der Waals surface area contributed by atoms with Crippen molar-refractivity contribution in [2.24, 2.45) is 0 Å². The van der Waals surface area contributed by atoms with Gasteiger partial charge in [-0.2, -0.15) is 0 Å². The van der Waals surface area contributed by atoms with Gasteiger partial charge in [-0.05, 0) is 48.7 Å². The zero-order chi connectivity index (χ0) is 22.5. The molecule has 33 heavy (non-hydrogen) atoms. The van der Waals surface area contributed by atoms with Crippen LogP contribution in [0.5, 0.6) is 0 Å². The van der Waals surface area contributed by atoms with Gasteiger partial charge in [-0.15, -0.1) is 0 Å². The monoisotopic (exact) mass is 447 g/mol. The predicted molar refractivity (Wildman–Crippen MR) is 144 cm³/mol. The van der Waals surface area contributed by atoms with Crippen molar-refractivity contribution in [2.45, 2.75) is 13.5 Å². The molecule has 0 saturated carbocycles. The van der Waals surface area contributed by atoms with Crippen LogP contribution in [0.4, 0.5) is 0 Å². The summed E-state index contributed by atoms with van der Waals surface area (Å²) in [6.07, 6.45) is 0. The van der Waals surface area contributed by atoms with E-state index in [0.29, 0.717) is 13.2 Å². The second-order valence-electron chi connectivity index (χ2n) is 8.11. The SMILES string of the molecule is CCOCc1ccccc1[P+](c1ccccc1)(c1ccccc1)c1cccc2ccccc12. The van der Waals surface area contributed by atoms with E-state index in [1.54, 1.807) is 0 Å². The molecule has 0 aliphatic carbocycles. The Labute approximate surface area is 197 Å². The quantitative estimate of drug-likeness (QED) is 0.278. The van der Waals surface area contributed by atoms with Crippen molar-refractivity contribution in [3.63, 3.8) is 0 Å². The maximum absolute atomic E-state index is 5.97. The number of rotatable bonds is 7. The van der Waals surface area contributed by atoms with Crippen LogP contribution in [0, 0.1) is 0 Å². The molecule has 0 aromatic heterocycles. The molecule has 2 heteroatoms. The van der Waals surface area contributed by atoms with E-state index in [9.17, 15) is 0 Å². The van der Waals surface area contributed by atoms with Gasteiger partial charge in [0.15, 0.2) is 0 Å². The van der Waals surface area contributed by atoms with E-state index >= 15 is 0 Å². The minimum Gasteiger partial charge on any atom is -0.377 e. The highest BCUT2D eigenvalue weighted by Crippen LogP contribution is 2.56. The first-order valence-electron chi connectivity index (χ1n) is 11.5. The molecule has 162 valence electrons. The van der Waals surface area contributed by atoms with E-state index < -0.39 is 7.26 Å². The van der Waals surface area contributed by atoms with Crippen LogP contribution in [0.1, 0.15) is 12.5 Å². The van der Waals surface area contributed by atoms with E-state index in [4.69, 9.17) is 4.74 Å². The molecule has 0 atom stereocenters. The molecule has 5 rings (SSSR count). The molecule has 5 aromatic carbocycles. The van der Waals surface area contributed by atoms with Gasteiger partial charge in [0.05, 0.1) is 6.61 Å². The first-order valence-corrected chi connectivity index (χ1v) is 13.3. The summed E-state index contributed by atoms with van der Waals surface area (Å²) in [6.45, 7) is 3.37. The van der Waals surface area contributed by atoms with Crippen molar-refractivity contribution in [3.05, 3.63) is 133 Å². The van der Waals surface area contributed by atoms with Gasteiger partial charge in [0.1, 0.15) is 28.5 Å². The van der Waals surface area contributed by atoms with Gasteiger partial charge in [0, 0.05) is 17.6 Å². The molecule has 0 spiro atoms. The van der Waals surface area contributed by atoms with Crippen LogP contribution in [0.15, 0.2) is 127 Å². The number of ether oxygens (including phenoxy) is 1. The van der Waals surface area contributed by atoms with Gasteiger partial charge in [0.2, 0.25) is 0 Å². The Kier molecular flexibility index (Phi) is 6.35. The van der Waals surface area contributed by atoms with Gasteiger partial charge < -0.3 is 4.74 Å². The molecule has 5 aromatic rings. The Balaban J connectivity index is 1.96. The highest BCUT2D eigenvalue weighted by molar-refractivity contribution is 8.02. The Morgan fingerprint density at radius 2 is 1.09 bits per heavy atom. The first-order chi connectivity index (χ1) is 16.4. The highest BCUT2D eigenvalue weighted by Gasteiger charge is 2.50. The smallest absolute Gasteiger partial charge is 0.145 e. The molecule has 0 aliphatic heterocycles. The first kappa shape index (κ1) is 21.6. The maximum atomic E-state index is 5.97. The van der Waals surface area contributed by atoms with E-state index in [1.165, 1.54) is 37.6 Å². The lowest BCUT2D eigenvalue weighted by Crippen LogP contribution is -2.40. The summed E-state index contributed by atoms with van der Waals surface area (Å²) in [6, 6.07) is 46.5. The van der Waals surface area contributed by atoms with Crippen LogP contribution < -0.4 is 21.2 Å². The fourth-order valence-corrected chi connectivity index (χ4v) is 9.47. The lowest BCUT2D eigenvalue weighted by molar-refractivity contribution is 0.134. The molecule has 1 nitrogen and oxygen atoms in total. The van der Waals surface area contributed by atoms with E-state index in [2.05, 4.69) is 134 Å². The van der Waals surface area contributed by atoms with Crippen molar-refractivity contribution in [3.8, 4) is 0 Å². The summed E-state index contributed by atoms with van der Waals surface area (Å²) < 4.78 is 5.97. The largest absolute Gasteiger partial charge is 0.377 e. The third kappa shape index (κ3) is 3.89. The average molecular weight is 448 g/mol. The molecule has 0 aliphatic rings. The Bertz CT molecular complexity index is 1300. The molecule has 0 saturated heterocycles. The van der Waals surface area contributed by atoms with Crippen molar-refractivity contribution >= 4 is 39.3 Å². The van der Waals surface area contributed by atoms with Crippen molar-refractivity contribution < 1.29 is 4.74 Å². The van der Waals surface area contributed by atoms with Crippen LogP contribution in [-0.2, 0) is 11.3 Å². The average Bonchev–Trinajstić information content (AvgIpc) is 2.90. The number of fused-ring (bicyclic) bond motifs is 1. The Morgan fingerprint density at radius 1 is 0.545 bits per heavy atom. The number of hydrogen-bond donors (Lipinski definition) is 0. The van der Waals surface area contributed by atoms with Crippen molar-refractivity contribution in [1.29, 1.82) is 0 Å². The van der Waals surface area contributed by atoms with Crippen LogP contribution in [0.2, 0.25) is 0 Å². The third-order valence-electron chi connectivity index (χ3n) is 6.23. The Hall–Kier alpha value is -3.25. The normalized spacial score (nSPS) is 11.5. The minimum absolute atomic E-state index is 0.610. The molecule has 0 heterocycles. The van der Waals surface area contributed by atoms with Crippen LogP contribution in [0.3, 0.4) is 0 Å². The van der Waals surface area contributed by atoms with Gasteiger partial charge >= 0.3 is 0 Å². The summed E-state index contributed by atoms with van der Waals surface area (Å²) in [5.41, 5.74) is 1.26. The fourth-order valence-electron chi connectivity index (χ4n) is 4.81. The number of benzene rings is 5. The van der Waals surface area contributed by atoms with Crippen LogP contribution in [0.25, 0.3) is 10.8 Å². The molecular weight excluding hydrogens is 419 g/mol. The summed E-state index contributed by atoms with van der Waals surface area (Å²) in [5.74, 6) is 0. The zero-order valence-electron chi connectivity index (χ0n) is 18.9. The molecule has 0 radical (unpaired) electrons. The predicted octanol–water partition coefficient (Wildman–Crippen LogP) is 6.00. The third-order valence-corrected chi connectivity index (χ3v) is 10.6. The second-order valence-corrected chi connectivity index (χ2v) is 11.4. The standard InChI is InChI=1S/C31H28OP/c1-2-32-24-26-15-10-12-22-30(26)33(27-17-5-3-6-18-27,28-19-7-4-8-20-28)31-23-13-16-25-14-9-11-21-29(25)31/h3-23H,2,24H2,1H3/q+1. The number of hydrogen-bond acceptors (Lipinski definition) is 1. The van der Waals surface area contributed by atoms with Gasteiger partial charge in [-0.25, -0.2) is 0 Å². The van der Waals surface area contributed by atoms with E-state index in [-0.39, 0.29) is 0 Å². The lowest BCUT2D eigenvalue weighted by atomic mass is 10.1. The lowest BCUT2D eigenvalue weighted by Gasteiger charge is -2.30. The molecule has 0 unspecified atom stereocenters. The molecular formula is C31H28OP+. The summed E-state index contributed by atoms with van der Waals surface area (Å²) in [7, 11) is -2.21. The van der Waals surface area contributed by atoms with Gasteiger partial charge in [0.25, 0.3) is 0 Å². The summed E-state index contributed by atoms with van der Waals surface area (Å²) in [5, 5.41) is 8.06. The van der Waals surface area contributed by atoms with E-state index in [0.717, 1.165) is 0 Å². The molecule has 0 amide bonds. The summed E-state index contributed by atoms with van der Waals surface area (Å²) >= 11 is 0. The van der Waals surface area contributed by atoms with Crippen LogP contribution in [-0.4, -0.2) is 6.61 Å². The van der Waals surface area contributed by atoms with Crippen LogP contribution >= 0.6 is 7.26 Å². The van der Waals surface area contributed by atoms with E-state index in [1.807, 2.05) is 0 Å². The fraction of sp³-hybridized carbons (Fsp3) is 0.0968. The summed E-state index contributed by atoms with van der Waals surface area (Å²) in [4.78, 5) is 0. The molecule has 0 bridgehead atoms. The minimum atomic E-state index is -2.21.